The standard InChI is InChI=1S/C33H40BrN3O6/c1-5-18-36(23-16-14-22(15-17-23)35(6-2)7-3)31(40)29-33-19-24(34)28(43-33)26(32(41)42-8-4)27(33)30(39)37(29)25(20-38)21-12-10-9-11-13-21/h5,9-17,24-29,38H,1,6-8,18-20H2,2-4H3/t24?,25-,26-,27+,28-,29-,33+/m1/s1. The number of rotatable bonds is 12. The first kappa shape index (κ1) is 31.2. The molecule has 2 bridgehead atoms. The number of alkyl halides is 1. The number of aliphatic hydroxyl groups is 1. The van der Waals surface area contributed by atoms with Gasteiger partial charge in [-0.05, 0) is 57.0 Å². The number of nitrogens with zero attached hydrogens (tertiary/aromatic N) is 3. The maximum atomic E-state index is 14.9. The first-order valence-electron chi connectivity index (χ1n) is 15.0. The lowest BCUT2D eigenvalue weighted by molar-refractivity contribution is -0.155. The number of benzene rings is 2. The third-order valence-electron chi connectivity index (χ3n) is 9.08. The predicted molar refractivity (Wildman–Crippen MR) is 168 cm³/mol. The Hall–Kier alpha value is -3.21. The van der Waals surface area contributed by atoms with Crippen LogP contribution in [0.2, 0.25) is 0 Å². The number of fused-ring (bicyclic) bond motifs is 1. The molecule has 7 atom stereocenters. The molecule has 230 valence electrons. The smallest absolute Gasteiger partial charge is 0.312 e. The van der Waals surface area contributed by atoms with Gasteiger partial charge in [0.25, 0.3) is 5.91 Å². The van der Waals surface area contributed by atoms with Crippen LogP contribution in [-0.4, -0.2) is 83.2 Å². The normalized spacial score (nSPS) is 28.0. The number of anilines is 2. The summed E-state index contributed by atoms with van der Waals surface area (Å²) in [6.45, 7) is 11.5. The van der Waals surface area contributed by atoms with E-state index in [2.05, 4.69) is 41.3 Å². The van der Waals surface area contributed by atoms with Gasteiger partial charge in [0.1, 0.15) is 11.6 Å². The average molecular weight is 655 g/mol. The van der Waals surface area contributed by atoms with Crippen molar-refractivity contribution < 1.29 is 29.0 Å². The monoisotopic (exact) mass is 653 g/mol. The van der Waals surface area contributed by atoms with Gasteiger partial charge in [-0.1, -0.05) is 52.3 Å². The summed E-state index contributed by atoms with van der Waals surface area (Å²) < 4.78 is 12.0. The molecular weight excluding hydrogens is 614 g/mol. The van der Waals surface area contributed by atoms with Gasteiger partial charge < -0.3 is 29.3 Å². The van der Waals surface area contributed by atoms with Crippen molar-refractivity contribution in [1.29, 1.82) is 0 Å². The van der Waals surface area contributed by atoms with E-state index in [0.717, 1.165) is 18.8 Å². The molecule has 3 fully saturated rings. The molecule has 43 heavy (non-hydrogen) atoms. The van der Waals surface area contributed by atoms with E-state index >= 15 is 0 Å². The van der Waals surface area contributed by atoms with E-state index in [-0.39, 0.29) is 23.9 Å². The van der Waals surface area contributed by atoms with Gasteiger partial charge in [0.05, 0.1) is 37.2 Å². The fourth-order valence-corrected chi connectivity index (χ4v) is 8.19. The zero-order valence-corrected chi connectivity index (χ0v) is 26.5. The molecule has 0 aromatic heterocycles. The van der Waals surface area contributed by atoms with E-state index in [4.69, 9.17) is 9.47 Å². The summed E-state index contributed by atoms with van der Waals surface area (Å²) in [4.78, 5) is 47.7. The maximum Gasteiger partial charge on any atom is 0.312 e. The summed E-state index contributed by atoms with van der Waals surface area (Å²) in [5.41, 5.74) is 1.09. The van der Waals surface area contributed by atoms with E-state index in [9.17, 15) is 19.5 Å². The van der Waals surface area contributed by atoms with Crippen LogP contribution < -0.4 is 9.80 Å². The van der Waals surface area contributed by atoms with Crippen LogP contribution >= 0.6 is 15.9 Å². The number of likely N-dealkylation sites (tertiary alicyclic amines) is 1. The molecule has 0 saturated carbocycles. The molecule has 10 heteroatoms. The van der Waals surface area contributed by atoms with Crippen molar-refractivity contribution in [1.82, 2.24) is 4.90 Å². The molecule has 9 nitrogen and oxygen atoms in total. The van der Waals surface area contributed by atoms with Crippen molar-refractivity contribution in [3.05, 3.63) is 72.8 Å². The molecular formula is C33H40BrN3O6. The van der Waals surface area contributed by atoms with Gasteiger partial charge in [0.15, 0.2) is 0 Å². The minimum atomic E-state index is -1.28. The summed E-state index contributed by atoms with van der Waals surface area (Å²) in [6.07, 6.45) is 1.39. The summed E-state index contributed by atoms with van der Waals surface area (Å²) >= 11 is 3.69. The van der Waals surface area contributed by atoms with Crippen LogP contribution in [0.25, 0.3) is 0 Å². The molecule has 0 radical (unpaired) electrons. The molecule has 1 spiro atoms. The number of hydrogen-bond acceptors (Lipinski definition) is 7. The average Bonchev–Trinajstić information content (AvgIpc) is 3.61. The third-order valence-corrected chi connectivity index (χ3v) is 9.93. The Morgan fingerprint density at radius 2 is 1.79 bits per heavy atom. The fourth-order valence-electron chi connectivity index (χ4n) is 7.25. The summed E-state index contributed by atoms with van der Waals surface area (Å²) in [5, 5.41) is 10.7. The Morgan fingerprint density at radius 1 is 1.14 bits per heavy atom. The number of carbonyl (C=O) groups is 3. The predicted octanol–water partition coefficient (Wildman–Crippen LogP) is 4.10. The molecule has 3 heterocycles. The lowest BCUT2D eigenvalue weighted by Gasteiger charge is -2.39. The van der Waals surface area contributed by atoms with Crippen LogP contribution in [0.1, 0.15) is 38.8 Å². The number of aliphatic hydroxyl groups excluding tert-OH is 1. The van der Waals surface area contributed by atoms with E-state index in [0.29, 0.717) is 17.7 Å². The highest BCUT2D eigenvalue weighted by atomic mass is 79.9. The van der Waals surface area contributed by atoms with Gasteiger partial charge >= 0.3 is 5.97 Å². The number of carbonyl (C=O) groups excluding carboxylic acids is 3. The lowest BCUT2D eigenvalue weighted by atomic mass is 9.70. The van der Waals surface area contributed by atoms with Crippen LogP contribution in [0.4, 0.5) is 11.4 Å². The molecule has 2 aromatic rings. The largest absolute Gasteiger partial charge is 0.466 e. The van der Waals surface area contributed by atoms with Gasteiger partial charge in [-0.15, -0.1) is 6.58 Å². The van der Waals surface area contributed by atoms with E-state index in [1.165, 1.54) is 4.90 Å². The van der Waals surface area contributed by atoms with Crippen LogP contribution in [0.3, 0.4) is 0 Å². The van der Waals surface area contributed by atoms with Crippen molar-refractivity contribution in [2.75, 3.05) is 42.6 Å². The SMILES string of the molecule is C=CCN(C(=O)[C@H]1N([C@H](CO)c2ccccc2)C(=O)[C@@H]2[C@@H](C(=O)OCC)[C@@H]3O[C@@]21CC3Br)c1ccc(N(CC)CC)cc1. The maximum absolute atomic E-state index is 14.9. The first-order valence-corrected chi connectivity index (χ1v) is 15.9. The molecule has 2 aromatic carbocycles. The quantitative estimate of drug-likeness (QED) is 0.209. The van der Waals surface area contributed by atoms with Gasteiger partial charge in [0, 0.05) is 35.8 Å². The van der Waals surface area contributed by atoms with Crippen molar-refractivity contribution in [2.45, 2.75) is 55.8 Å². The molecule has 2 amide bonds. The zero-order valence-electron chi connectivity index (χ0n) is 24.9. The van der Waals surface area contributed by atoms with E-state index < -0.39 is 54.1 Å². The highest BCUT2D eigenvalue weighted by Gasteiger charge is 2.77. The summed E-state index contributed by atoms with van der Waals surface area (Å²) in [5.74, 6) is -3.06. The third kappa shape index (κ3) is 5.17. The van der Waals surface area contributed by atoms with E-state index in [1.807, 2.05) is 54.6 Å². The molecule has 5 rings (SSSR count). The Labute approximate surface area is 261 Å². The minimum absolute atomic E-state index is 0.162. The van der Waals surface area contributed by atoms with Crippen LogP contribution in [0, 0.1) is 11.8 Å². The summed E-state index contributed by atoms with van der Waals surface area (Å²) in [6, 6.07) is 15.0. The Balaban J connectivity index is 1.62. The Morgan fingerprint density at radius 3 is 2.37 bits per heavy atom. The number of ether oxygens (including phenoxy) is 2. The molecule has 0 aliphatic carbocycles. The highest BCUT2D eigenvalue weighted by Crippen LogP contribution is 2.61. The second-order valence-electron chi connectivity index (χ2n) is 11.2. The number of hydrogen-bond donors (Lipinski definition) is 1. The zero-order chi connectivity index (χ0) is 30.9. The second kappa shape index (κ2) is 12.8. The first-order chi connectivity index (χ1) is 20.8. The van der Waals surface area contributed by atoms with Gasteiger partial charge in [-0.2, -0.15) is 0 Å². The van der Waals surface area contributed by atoms with Crippen molar-refractivity contribution in [3.63, 3.8) is 0 Å². The molecule has 1 unspecified atom stereocenters. The fraction of sp³-hybridized carbons (Fsp3) is 0.485. The van der Waals surface area contributed by atoms with Crippen molar-refractivity contribution in [3.8, 4) is 0 Å². The number of halogens is 1. The van der Waals surface area contributed by atoms with Gasteiger partial charge in [-0.3, -0.25) is 14.4 Å². The van der Waals surface area contributed by atoms with Crippen LogP contribution in [0.15, 0.2) is 67.3 Å². The van der Waals surface area contributed by atoms with Crippen molar-refractivity contribution >= 4 is 45.1 Å². The highest BCUT2D eigenvalue weighted by molar-refractivity contribution is 9.09. The molecule has 3 aliphatic heterocycles. The Bertz CT molecular complexity index is 1340. The molecule has 3 saturated heterocycles. The lowest BCUT2D eigenvalue weighted by Crippen LogP contribution is -2.57. The van der Waals surface area contributed by atoms with Crippen LogP contribution in [0.5, 0.6) is 0 Å². The second-order valence-corrected chi connectivity index (χ2v) is 12.4. The number of amides is 2. The topological polar surface area (TPSA) is 99.6 Å². The Kier molecular flexibility index (Phi) is 9.29. The van der Waals surface area contributed by atoms with E-state index in [1.54, 1.807) is 17.9 Å². The molecule has 3 aliphatic rings. The van der Waals surface area contributed by atoms with Crippen molar-refractivity contribution in [2.24, 2.45) is 11.8 Å². The van der Waals surface area contributed by atoms with Gasteiger partial charge in [0.2, 0.25) is 5.91 Å². The minimum Gasteiger partial charge on any atom is -0.466 e. The summed E-state index contributed by atoms with van der Waals surface area (Å²) in [7, 11) is 0. The number of esters is 1. The van der Waals surface area contributed by atoms with Gasteiger partial charge in [-0.25, -0.2) is 0 Å². The van der Waals surface area contributed by atoms with Crippen LogP contribution in [-0.2, 0) is 23.9 Å². The molecule has 1 N–H and O–H groups in total.